The van der Waals surface area contributed by atoms with Crippen molar-refractivity contribution >= 4 is 23.6 Å². The van der Waals surface area contributed by atoms with Crippen LogP contribution in [0.2, 0.25) is 5.02 Å². The van der Waals surface area contributed by atoms with E-state index in [1.165, 1.54) is 4.90 Å². The molecular weight excluding hydrogens is 280 g/mol. The van der Waals surface area contributed by atoms with Gasteiger partial charge in [-0.1, -0.05) is 23.7 Å². The van der Waals surface area contributed by atoms with Crippen molar-refractivity contribution in [3.63, 3.8) is 0 Å². The zero-order chi connectivity index (χ0) is 15.1. The summed E-state index contributed by atoms with van der Waals surface area (Å²) in [5, 5.41) is 9.33. The summed E-state index contributed by atoms with van der Waals surface area (Å²) in [5.74, 6) is -0.906. The highest BCUT2D eigenvalue weighted by atomic mass is 35.5. The number of carbonyl (C=O) groups is 2. The van der Waals surface area contributed by atoms with Gasteiger partial charge >= 0.3 is 12.0 Å². The van der Waals surface area contributed by atoms with Gasteiger partial charge in [-0.25, -0.2) is 4.79 Å². The molecule has 0 heterocycles. The van der Waals surface area contributed by atoms with E-state index in [-0.39, 0.29) is 19.0 Å². The summed E-state index contributed by atoms with van der Waals surface area (Å²) in [7, 11) is 1.69. The van der Waals surface area contributed by atoms with Gasteiger partial charge < -0.3 is 14.9 Å². The molecule has 20 heavy (non-hydrogen) atoms. The number of carboxylic acid groups (broad SMARTS) is 1. The average Bonchev–Trinajstić information content (AvgIpc) is 2.41. The van der Waals surface area contributed by atoms with Gasteiger partial charge in [-0.05, 0) is 24.6 Å². The van der Waals surface area contributed by atoms with Crippen LogP contribution in [0.1, 0.15) is 18.9 Å². The molecule has 1 aromatic rings. The first-order chi connectivity index (χ1) is 9.43. The molecular formula is C14H19ClN2O3. The third-order valence-corrected chi connectivity index (χ3v) is 3.16. The Balaban J connectivity index is 2.59. The number of urea groups is 1. The van der Waals surface area contributed by atoms with Crippen molar-refractivity contribution in [2.45, 2.75) is 19.9 Å². The van der Waals surface area contributed by atoms with E-state index in [9.17, 15) is 9.59 Å². The average molecular weight is 299 g/mol. The molecule has 0 aromatic heterocycles. The van der Waals surface area contributed by atoms with Gasteiger partial charge in [0, 0.05) is 31.7 Å². The van der Waals surface area contributed by atoms with E-state index in [0.29, 0.717) is 18.1 Å². The minimum Gasteiger partial charge on any atom is -0.481 e. The van der Waals surface area contributed by atoms with Crippen LogP contribution >= 0.6 is 11.6 Å². The van der Waals surface area contributed by atoms with Crippen LogP contribution in [0.4, 0.5) is 4.79 Å². The van der Waals surface area contributed by atoms with Crippen LogP contribution in [-0.2, 0) is 11.3 Å². The van der Waals surface area contributed by atoms with Crippen LogP contribution < -0.4 is 0 Å². The van der Waals surface area contributed by atoms with E-state index in [0.717, 1.165) is 5.56 Å². The summed E-state index contributed by atoms with van der Waals surface area (Å²) in [4.78, 5) is 25.8. The van der Waals surface area contributed by atoms with Crippen LogP contribution in [0.3, 0.4) is 0 Å². The number of benzene rings is 1. The molecule has 0 spiro atoms. The molecule has 6 heteroatoms. The Morgan fingerprint density at radius 3 is 2.35 bits per heavy atom. The van der Waals surface area contributed by atoms with Gasteiger partial charge in [0.25, 0.3) is 0 Å². The second-order valence-electron chi connectivity index (χ2n) is 4.49. The van der Waals surface area contributed by atoms with Crippen LogP contribution in [0.25, 0.3) is 0 Å². The van der Waals surface area contributed by atoms with Crippen LogP contribution in [0.15, 0.2) is 24.3 Å². The maximum atomic E-state index is 12.2. The first kappa shape index (κ1) is 16.3. The maximum absolute atomic E-state index is 12.2. The molecule has 2 amide bonds. The molecule has 0 aliphatic carbocycles. The Bertz CT molecular complexity index is 462. The lowest BCUT2D eigenvalue weighted by Gasteiger charge is -2.27. The molecule has 0 atom stereocenters. The molecule has 0 radical (unpaired) electrons. The van der Waals surface area contributed by atoms with Gasteiger partial charge in [-0.2, -0.15) is 0 Å². The van der Waals surface area contributed by atoms with E-state index < -0.39 is 5.97 Å². The number of rotatable bonds is 6. The third-order valence-electron chi connectivity index (χ3n) is 2.91. The van der Waals surface area contributed by atoms with Gasteiger partial charge in [0.2, 0.25) is 0 Å². The summed E-state index contributed by atoms with van der Waals surface area (Å²) in [6, 6.07) is 7.09. The summed E-state index contributed by atoms with van der Waals surface area (Å²) < 4.78 is 0. The van der Waals surface area contributed by atoms with Crippen LogP contribution in [0, 0.1) is 0 Å². The van der Waals surface area contributed by atoms with Crippen molar-refractivity contribution in [1.82, 2.24) is 9.80 Å². The Kier molecular flexibility index (Phi) is 6.31. The van der Waals surface area contributed by atoms with Crippen molar-refractivity contribution in [2.75, 3.05) is 20.1 Å². The molecule has 5 nitrogen and oxygen atoms in total. The summed E-state index contributed by atoms with van der Waals surface area (Å²) in [6.45, 7) is 2.99. The van der Waals surface area contributed by atoms with Crippen molar-refractivity contribution in [1.29, 1.82) is 0 Å². The summed E-state index contributed by atoms with van der Waals surface area (Å²) in [5.41, 5.74) is 0.972. The smallest absolute Gasteiger partial charge is 0.320 e. The monoisotopic (exact) mass is 298 g/mol. The second-order valence-corrected chi connectivity index (χ2v) is 4.92. The summed E-state index contributed by atoms with van der Waals surface area (Å²) >= 11 is 5.81. The SMILES string of the molecule is CCN(CCC(=O)O)C(=O)N(C)Cc1ccc(Cl)cc1. The Labute approximate surface area is 123 Å². The highest BCUT2D eigenvalue weighted by Crippen LogP contribution is 2.11. The van der Waals surface area contributed by atoms with Gasteiger partial charge in [0.1, 0.15) is 0 Å². The number of aliphatic carboxylic acids is 1. The number of carboxylic acids is 1. The lowest BCUT2D eigenvalue weighted by molar-refractivity contribution is -0.137. The molecule has 0 fully saturated rings. The summed E-state index contributed by atoms with van der Waals surface area (Å²) in [6.07, 6.45) is -0.0473. The number of halogens is 1. The number of carbonyl (C=O) groups excluding carboxylic acids is 1. The Morgan fingerprint density at radius 2 is 1.85 bits per heavy atom. The molecule has 0 saturated carbocycles. The molecule has 1 N–H and O–H groups in total. The van der Waals surface area contributed by atoms with Gasteiger partial charge in [0.05, 0.1) is 6.42 Å². The van der Waals surface area contributed by atoms with Crippen molar-refractivity contribution in [3.05, 3.63) is 34.9 Å². The van der Waals surface area contributed by atoms with Crippen molar-refractivity contribution < 1.29 is 14.7 Å². The minimum absolute atomic E-state index is 0.0473. The van der Waals surface area contributed by atoms with Crippen LogP contribution in [-0.4, -0.2) is 47.0 Å². The maximum Gasteiger partial charge on any atom is 0.320 e. The van der Waals surface area contributed by atoms with Gasteiger partial charge in [0.15, 0.2) is 0 Å². The van der Waals surface area contributed by atoms with E-state index in [2.05, 4.69) is 0 Å². The molecule has 0 unspecified atom stereocenters. The van der Waals surface area contributed by atoms with Crippen molar-refractivity contribution in [3.8, 4) is 0 Å². The predicted octanol–water partition coefficient (Wildman–Crippen LogP) is 2.69. The highest BCUT2D eigenvalue weighted by Gasteiger charge is 2.17. The van der Waals surface area contributed by atoms with Gasteiger partial charge in [-0.3, -0.25) is 4.79 Å². The number of hydrogen-bond acceptors (Lipinski definition) is 2. The second kappa shape index (κ2) is 7.75. The first-order valence-electron chi connectivity index (χ1n) is 6.40. The molecule has 0 bridgehead atoms. The number of hydrogen-bond donors (Lipinski definition) is 1. The van der Waals surface area contributed by atoms with Gasteiger partial charge in [-0.15, -0.1) is 0 Å². The quantitative estimate of drug-likeness (QED) is 0.878. The Hall–Kier alpha value is -1.75. The normalized spacial score (nSPS) is 10.2. The third kappa shape index (κ3) is 5.09. The predicted molar refractivity (Wildman–Crippen MR) is 77.8 cm³/mol. The fourth-order valence-electron chi connectivity index (χ4n) is 1.79. The highest BCUT2D eigenvalue weighted by molar-refractivity contribution is 6.30. The van der Waals surface area contributed by atoms with E-state index >= 15 is 0 Å². The molecule has 110 valence electrons. The molecule has 1 aromatic carbocycles. The zero-order valence-electron chi connectivity index (χ0n) is 11.7. The Morgan fingerprint density at radius 1 is 1.25 bits per heavy atom. The van der Waals surface area contributed by atoms with Crippen LogP contribution in [0.5, 0.6) is 0 Å². The number of amides is 2. The fourth-order valence-corrected chi connectivity index (χ4v) is 1.92. The lowest BCUT2D eigenvalue weighted by Crippen LogP contribution is -2.41. The number of nitrogens with zero attached hydrogens (tertiary/aromatic N) is 2. The zero-order valence-corrected chi connectivity index (χ0v) is 12.4. The van der Waals surface area contributed by atoms with E-state index in [1.807, 2.05) is 19.1 Å². The largest absolute Gasteiger partial charge is 0.481 e. The lowest BCUT2D eigenvalue weighted by atomic mass is 10.2. The molecule has 0 saturated heterocycles. The molecule has 1 rings (SSSR count). The molecule has 0 aliphatic rings. The molecule has 0 aliphatic heterocycles. The van der Waals surface area contributed by atoms with E-state index in [1.54, 1.807) is 24.1 Å². The standard InChI is InChI=1S/C14H19ClN2O3/c1-3-17(9-8-13(18)19)14(20)16(2)10-11-4-6-12(15)7-5-11/h4-7H,3,8-10H2,1-2H3,(H,18,19). The first-order valence-corrected chi connectivity index (χ1v) is 6.78. The fraction of sp³-hybridized carbons (Fsp3) is 0.429. The minimum atomic E-state index is -0.906. The van der Waals surface area contributed by atoms with Crippen molar-refractivity contribution in [2.24, 2.45) is 0 Å². The van der Waals surface area contributed by atoms with E-state index in [4.69, 9.17) is 16.7 Å². The topological polar surface area (TPSA) is 60.9 Å².